The van der Waals surface area contributed by atoms with Crippen LogP contribution in [-0.4, -0.2) is 34.9 Å². The molecule has 0 radical (unpaired) electrons. The van der Waals surface area contributed by atoms with Crippen molar-refractivity contribution in [3.63, 3.8) is 0 Å². The van der Waals surface area contributed by atoms with E-state index in [0.717, 1.165) is 70.6 Å². The molecule has 0 spiro atoms. The summed E-state index contributed by atoms with van der Waals surface area (Å²) >= 11 is 0. The summed E-state index contributed by atoms with van der Waals surface area (Å²) in [6.45, 7) is 4.24. The highest BCUT2D eigenvalue weighted by molar-refractivity contribution is 5.76. The van der Waals surface area contributed by atoms with Crippen molar-refractivity contribution in [2.75, 3.05) is 6.61 Å². The lowest BCUT2D eigenvalue weighted by Crippen LogP contribution is -2.45. The van der Waals surface area contributed by atoms with Crippen LogP contribution in [0.3, 0.4) is 0 Å². The number of amides is 1. The molecular formula is C52H95NO3. The summed E-state index contributed by atoms with van der Waals surface area (Å²) in [5, 5.41) is 23.2. The SMILES string of the molecule is CC/C=C\C/C=C\C/C=C\C/C=C\C/C=C\CCCCCC(=O)NC(CO)C(O)CCCCCCCCCCCCCCCCCCCCCCCCCCC. The number of carbonyl (C=O) groups excluding carboxylic acids is 1. The van der Waals surface area contributed by atoms with Crippen LogP contribution in [0.25, 0.3) is 0 Å². The van der Waals surface area contributed by atoms with Crippen LogP contribution in [0, 0.1) is 0 Å². The fourth-order valence-corrected chi connectivity index (χ4v) is 7.33. The molecule has 0 aromatic rings. The van der Waals surface area contributed by atoms with E-state index in [1.165, 1.54) is 148 Å². The molecule has 3 N–H and O–H groups in total. The van der Waals surface area contributed by atoms with E-state index in [9.17, 15) is 15.0 Å². The van der Waals surface area contributed by atoms with Gasteiger partial charge in [-0.05, 0) is 57.8 Å². The van der Waals surface area contributed by atoms with E-state index in [4.69, 9.17) is 0 Å². The van der Waals surface area contributed by atoms with Gasteiger partial charge in [-0.3, -0.25) is 4.79 Å². The van der Waals surface area contributed by atoms with E-state index in [1.54, 1.807) is 0 Å². The molecule has 56 heavy (non-hydrogen) atoms. The third kappa shape index (κ3) is 43.2. The van der Waals surface area contributed by atoms with E-state index in [0.29, 0.717) is 12.8 Å². The maximum atomic E-state index is 12.4. The number of carbonyl (C=O) groups is 1. The van der Waals surface area contributed by atoms with Crippen LogP contribution in [0.1, 0.15) is 245 Å². The van der Waals surface area contributed by atoms with Crippen LogP contribution in [0.15, 0.2) is 60.8 Å². The molecule has 0 aliphatic heterocycles. The van der Waals surface area contributed by atoms with Crippen molar-refractivity contribution in [2.45, 2.75) is 257 Å². The normalized spacial score (nSPS) is 13.4. The highest BCUT2D eigenvalue weighted by atomic mass is 16.3. The first-order valence-electron chi connectivity index (χ1n) is 24.5. The molecule has 0 saturated carbocycles. The second-order valence-corrected chi connectivity index (χ2v) is 16.5. The topological polar surface area (TPSA) is 69.6 Å². The van der Waals surface area contributed by atoms with E-state index < -0.39 is 12.1 Å². The van der Waals surface area contributed by atoms with Crippen molar-refractivity contribution in [3.05, 3.63) is 60.8 Å². The summed E-state index contributed by atoms with van der Waals surface area (Å²) < 4.78 is 0. The Kier molecular flexibility index (Phi) is 45.8. The van der Waals surface area contributed by atoms with E-state index >= 15 is 0 Å². The smallest absolute Gasteiger partial charge is 0.220 e. The Labute approximate surface area is 349 Å². The largest absolute Gasteiger partial charge is 0.394 e. The second-order valence-electron chi connectivity index (χ2n) is 16.5. The Balaban J connectivity index is 3.54. The van der Waals surface area contributed by atoms with Gasteiger partial charge >= 0.3 is 0 Å². The molecule has 0 aliphatic carbocycles. The Hall–Kier alpha value is -1.91. The molecule has 0 rings (SSSR count). The van der Waals surface area contributed by atoms with Crippen molar-refractivity contribution in [1.29, 1.82) is 0 Å². The molecule has 0 bridgehead atoms. The first-order valence-corrected chi connectivity index (χ1v) is 24.5. The first-order chi connectivity index (χ1) is 27.7. The van der Waals surface area contributed by atoms with Crippen LogP contribution in [-0.2, 0) is 4.79 Å². The number of nitrogens with one attached hydrogen (secondary N) is 1. The third-order valence-corrected chi connectivity index (χ3v) is 11.0. The molecule has 2 unspecified atom stereocenters. The van der Waals surface area contributed by atoms with Crippen molar-refractivity contribution < 1.29 is 15.0 Å². The van der Waals surface area contributed by atoms with Crippen LogP contribution in [0.5, 0.6) is 0 Å². The second kappa shape index (κ2) is 47.5. The highest BCUT2D eigenvalue weighted by Crippen LogP contribution is 2.17. The number of hydrogen-bond acceptors (Lipinski definition) is 3. The van der Waals surface area contributed by atoms with E-state index in [-0.39, 0.29) is 12.5 Å². The first kappa shape index (κ1) is 54.1. The van der Waals surface area contributed by atoms with Crippen molar-refractivity contribution in [1.82, 2.24) is 5.32 Å². The third-order valence-electron chi connectivity index (χ3n) is 11.0. The summed E-state index contributed by atoms with van der Waals surface area (Å²) in [7, 11) is 0. The van der Waals surface area contributed by atoms with Gasteiger partial charge in [-0.2, -0.15) is 0 Å². The molecule has 0 aromatic heterocycles. The van der Waals surface area contributed by atoms with Gasteiger partial charge in [-0.1, -0.05) is 242 Å². The number of hydrogen-bond donors (Lipinski definition) is 3. The Morgan fingerprint density at radius 3 is 1.16 bits per heavy atom. The summed E-state index contributed by atoms with van der Waals surface area (Å²) in [6, 6.07) is -0.557. The maximum Gasteiger partial charge on any atom is 0.220 e. The molecule has 326 valence electrons. The predicted octanol–water partition coefficient (Wildman–Crippen LogP) is 15.7. The molecule has 4 heteroatoms. The molecule has 0 aromatic carbocycles. The summed E-state index contributed by atoms with van der Waals surface area (Å²) in [6.07, 6.45) is 66.1. The molecule has 4 nitrogen and oxygen atoms in total. The molecule has 1 amide bonds. The van der Waals surface area contributed by atoms with Crippen LogP contribution < -0.4 is 5.32 Å². The molecule has 0 fully saturated rings. The quantitative estimate of drug-likeness (QED) is 0.0426. The van der Waals surface area contributed by atoms with Gasteiger partial charge < -0.3 is 15.5 Å². The van der Waals surface area contributed by atoms with Gasteiger partial charge in [0.15, 0.2) is 0 Å². The predicted molar refractivity (Wildman–Crippen MR) is 248 cm³/mol. The fraction of sp³-hybridized carbons (Fsp3) is 0.788. The average Bonchev–Trinajstić information content (AvgIpc) is 3.20. The number of aliphatic hydroxyl groups is 2. The lowest BCUT2D eigenvalue weighted by atomic mass is 10.0. The zero-order chi connectivity index (χ0) is 40.7. The number of aliphatic hydroxyl groups excluding tert-OH is 2. The Morgan fingerprint density at radius 2 is 0.786 bits per heavy atom. The monoisotopic (exact) mass is 782 g/mol. The minimum Gasteiger partial charge on any atom is -0.394 e. The molecular weight excluding hydrogens is 687 g/mol. The van der Waals surface area contributed by atoms with Crippen molar-refractivity contribution in [3.8, 4) is 0 Å². The van der Waals surface area contributed by atoms with Gasteiger partial charge in [0.25, 0.3) is 0 Å². The van der Waals surface area contributed by atoms with Gasteiger partial charge in [0, 0.05) is 6.42 Å². The Bertz CT molecular complexity index is 934. The summed E-state index contributed by atoms with van der Waals surface area (Å²) in [5.74, 6) is -0.0622. The van der Waals surface area contributed by atoms with Gasteiger partial charge in [0.05, 0.1) is 18.8 Å². The van der Waals surface area contributed by atoms with Gasteiger partial charge in [0.1, 0.15) is 0 Å². The lowest BCUT2D eigenvalue weighted by Gasteiger charge is -2.22. The summed E-state index contributed by atoms with van der Waals surface area (Å²) in [4.78, 5) is 12.4. The van der Waals surface area contributed by atoms with Gasteiger partial charge in [-0.25, -0.2) is 0 Å². The van der Waals surface area contributed by atoms with Crippen molar-refractivity contribution >= 4 is 5.91 Å². The Morgan fingerprint density at radius 1 is 0.446 bits per heavy atom. The highest BCUT2D eigenvalue weighted by Gasteiger charge is 2.20. The zero-order valence-corrected chi connectivity index (χ0v) is 37.4. The van der Waals surface area contributed by atoms with Crippen LogP contribution in [0.2, 0.25) is 0 Å². The van der Waals surface area contributed by atoms with Gasteiger partial charge in [0.2, 0.25) is 5.91 Å². The fourth-order valence-electron chi connectivity index (χ4n) is 7.33. The molecule has 0 aliphatic rings. The van der Waals surface area contributed by atoms with E-state index in [2.05, 4.69) is 79.9 Å². The molecule has 0 heterocycles. The van der Waals surface area contributed by atoms with Crippen LogP contribution in [0.4, 0.5) is 0 Å². The van der Waals surface area contributed by atoms with E-state index in [1.807, 2.05) is 0 Å². The molecule has 0 saturated heterocycles. The van der Waals surface area contributed by atoms with Crippen LogP contribution >= 0.6 is 0 Å². The minimum atomic E-state index is -0.677. The average molecular weight is 782 g/mol. The summed E-state index contributed by atoms with van der Waals surface area (Å²) in [5.41, 5.74) is 0. The van der Waals surface area contributed by atoms with Crippen molar-refractivity contribution in [2.24, 2.45) is 0 Å². The lowest BCUT2D eigenvalue weighted by molar-refractivity contribution is -0.123. The van der Waals surface area contributed by atoms with Gasteiger partial charge in [-0.15, -0.1) is 0 Å². The maximum absolute atomic E-state index is 12.4. The minimum absolute atomic E-state index is 0.0622. The zero-order valence-electron chi connectivity index (χ0n) is 37.4. The standard InChI is InChI=1S/C52H95NO3/c1-3-5-7-9-11-13-15-17-19-21-23-24-25-26-27-28-30-31-33-35-37-39-41-43-45-47-51(55)50(49-54)53-52(56)48-46-44-42-40-38-36-34-32-29-22-20-18-16-14-12-10-8-6-4-2/h6,8,12,14,18,20,29,32,36,38,50-51,54-55H,3-5,7,9-11,13,15-17,19,21-28,30-31,33-35,37,39-49H2,1-2H3,(H,53,56)/b8-6-,14-12-,20-18-,32-29-,38-36-. The molecule has 2 atom stereocenters. The number of rotatable bonds is 44. The number of allylic oxidation sites excluding steroid dienone is 10. The number of unbranched alkanes of at least 4 members (excludes halogenated alkanes) is 27.